The molecule has 1 aromatic heterocycles. The van der Waals surface area contributed by atoms with Crippen LogP contribution in [0, 0.1) is 13.8 Å². The second kappa shape index (κ2) is 5.53. The quantitative estimate of drug-likeness (QED) is 0.621. The SMILES string of the molecule is Cc1cc(C)c2cc(C(=O)N=C(N)N)n3c2c1C(=O)CCCC3. The molecule has 0 atom stereocenters. The molecule has 1 aliphatic heterocycles. The predicted molar refractivity (Wildman–Crippen MR) is 89.7 cm³/mol. The number of ketones is 1. The van der Waals surface area contributed by atoms with E-state index in [1.165, 1.54) is 0 Å². The molecule has 120 valence electrons. The first kappa shape index (κ1) is 15.3. The van der Waals surface area contributed by atoms with Gasteiger partial charge in [0, 0.05) is 23.9 Å². The van der Waals surface area contributed by atoms with Gasteiger partial charge in [-0.2, -0.15) is 4.99 Å². The van der Waals surface area contributed by atoms with E-state index < -0.39 is 5.91 Å². The smallest absolute Gasteiger partial charge is 0.296 e. The van der Waals surface area contributed by atoms with Crippen LogP contribution in [0.15, 0.2) is 17.1 Å². The number of nitrogens with zero attached hydrogens (tertiary/aromatic N) is 2. The Kier molecular flexibility index (Phi) is 3.67. The Balaban J connectivity index is 2.38. The van der Waals surface area contributed by atoms with Crippen molar-refractivity contribution in [1.29, 1.82) is 0 Å². The Morgan fingerprint density at radius 2 is 1.91 bits per heavy atom. The molecule has 23 heavy (non-hydrogen) atoms. The van der Waals surface area contributed by atoms with Crippen molar-refractivity contribution in [2.75, 3.05) is 0 Å². The van der Waals surface area contributed by atoms with E-state index in [1.807, 2.05) is 24.5 Å². The number of guanidine groups is 1. The van der Waals surface area contributed by atoms with Crippen molar-refractivity contribution < 1.29 is 9.59 Å². The zero-order valence-corrected chi connectivity index (χ0v) is 13.3. The number of Topliss-reactive ketones (excluding diaryl/α,β-unsaturated/α-hetero) is 1. The number of carbonyl (C=O) groups is 2. The normalized spacial score (nSPS) is 14.4. The molecule has 0 spiro atoms. The van der Waals surface area contributed by atoms with E-state index in [4.69, 9.17) is 11.5 Å². The summed E-state index contributed by atoms with van der Waals surface area (Å²) in [6.07, 6.45) is 2.19. The van der Waals surface area contributed by atoms with Gasteiger partial charge in [-0.3, -0.25) is 9.59 Å². The van der Waals surface area contributed by atoms with Crippen LogP contribution in [0.4, 0.5) is 0 Å². The summed E-state index contributed by atoms with van der Waals surface area (Å²) in [5, 5.41) is 0.912. The van der Waals surface area contributed by atoms with Gasteiger partial charge >= 0.3 is 0 Å². The number of carbonyl (C=O) groups excluding carboxylic acids is 2. The lowest BCUT2D eigenvalue weighted by Crippen LogP contribution is -2.25. The maximum atomic E-state index is 12.6. The second-order valence-electron chi connectivity index (χ2n) is 6.05. The van der Waals surface area contributed by atoms with Crippen LogP contribution in [-0.4, -0.2) is 22.2 Å². The third-order valence-corrected chi connectivity index (χ3v) is 4.35. The number of aromatic nitrogens is 1. The molecule has 0 fully saturated rings. The zero-order chi connectivity index (χ0) is 16.7. The number of hydrogen-bond acceptors (Lipinski definition) is 2. The average Bonchev–Trinajstić information content (AvgIpc) is 2.80. The zero-order valence-electron chi connectivity index (χ0n) is 13.3. The summed E-state index contributed by atoms with van der Waals surface area (Å²) in [7, 11) is 0. The van der Waals surface area contributed by atoms with E-state index in [0.29, 0.717) is 24.2 Å². The maximum Gasteiger partial charge on any atom is 0.296 e. The van der Waals surface area contributed by atoms with Crippen molar-refractivity contribution >= 4 is 28.6 Å². The van der Waals surface area contributed by atoms with Crippen molar-refractivity contribution in [2.24, 2.45) is 16.5 Å². The number of amides is 1. The highest BCUT2D eigenvalue weighted by Crippen LogP contribution is 2.32. The van der Waals surface area contributed by atoms with Crippen LogP contribution in [0.2, 0.25) is 0 Å². The molecular weight excluding hydrogens is 292 g/mol. The molecule has 3 rings (SSSR count). The first-order chi connectivity index (χ1) is 10.9. The predicted octanol–water partition coefficient (Wildman–Crippen LogP) is 2.04. The minimum atomic E-state index is -0.475. The molecule has 0 radical (unpaired) electrons. The average molecular weight is 312 g/mol. The van der Waals surface area contributed by atoms with Crippen molar-refractivity contribution in [1.82, 2.24) is 4.57 Å². The van der Waals surface area contributed by atoms with Gasteiger partial charge in [-0.1, -0.05) is 6.07 Å². The Labute approximate surface area is 134 Å². The third kappa shape index (κ3) is 2.50. The highest BCUT2D eigenvalue weighted by Gasteiger charge is 2.24. The van der Waals surface area contributed by atoms with Gasteiger partial charge in [0.05, 0.1) is 5.52 Å². The molecule has 0 saturated carbocycles. The lowest BCUT2D eigenvalue weighted by atomic mass is 9.94. The summed E-state index contributed by atoms with van der Waals surface area (Å²) in [6, 6.07) is 3.79. The van der Waals surface area contributed by atoms with Gasteiger partial charge < -0.3 is 16.0 Å². The van der Waals surface area contributed by atoms with Crippen molar-refractivity contribution in [3.63, 3.8) is 0 Å². The Morgan fingerprint density at radius 3 is 2.61 bits per heavy atom. The Morgan fingerprint density at radius 1 is 1.17 bits per heavy atom. The van der Waals surface area contributed by atoms with Gasteiger partial charge in [0.1, 0.15) is 5.69 Å². The monoisotopic (exact) mass is 312 g/mol. The van der Waals surface area contributed by atoms with Crippen LogP contribution in [0.1, 0.15) is 51.2 Å². The number of benzene rings is 1. The minimum absolute atomic E-state index is 0.132. The fraction of sp³-hybridized carbons (Fsp3) is 0.353. The summed E-state index contributed by atoms with van der Waals surface area (Å²) in [5.74, 6) is -0.604. The number of aryl methyl sites for hydroxylation is 3. The molecule has 2 heterocycles. The van der Waals surface area contributed by atoms with E-state index >= 15 is 0 Å². The third-order valence-electron chi connectivity index (χ3n) is 4.35. The fourth-order valence-corrected chi connectivity index (χ4v) is 3.40. The topological polar surface area (TPSA) is 103 Å². The van der Waals surface area contributed by atoms with E-state index in [-0.39, 0.29) is 11.7 Å². The van der Waals surface area contributed by atoms with Crippen LogP contribution in [0.5, 0.6) is 0 Å². The Hall–Kier alpha value is -2.63. The molecular formula is C17H20N4O2. The van der Waals surface area contributed by atoms with Crippen molar-refractivity contribution in [2.45, 2.75) is 39.7 Å². The van der Waals surface area contributed by atoms with Crippen LogP contribution < -0.4 is 11.5 Å². The highest BCUT2D eigenvalue weighted by atomic mass is 16.1. The Bertz CT molecular complexity index is 857. The van der Waals surface area contributed by atoms with E-state index in [0.717, 1.165) is 34.9 Å². The molecule has 1 aromatic carbocycles. The summed E-state index contributed by atoms with van der Waals surface area (Å²) < 4.78 is 1.90. The van der Waals surface area contributed by atoms with Crippen LogP contribution in [0.3, 0.4) is 0 Å². The van der Waals surface area contributed by atoms with Gasteiger partial charge in [0.15, 0.2) is 11.7 Å². The molecule has 2 aromatic rings. The van der Waals surface area contributed by atoms with Crippen LogP contribution in [-0.2, 0) is 6.54 Å². The molecule has 6 nitrogen and oxygen atoms in total. The van der Waals surface area contributed by atoms with Crippen molar-refractivity contribution in [3.8, 4) is 0 Å². The number of rotatable bonds is 1. The first-order valence-corrected chi connectivity index (χ1v) is 7.70. The standard InChI is InChI=1S/C17H20N4O2/c1-9-7-10(2)14-13(22)5-3-4-6-21-12(8-11(9)15(14)21)16(23)20-17(18)19/h7-8H,3-6H2,1-2H3,(H4,18,19,20,23). The molecule has 6 heteroatoms. The number of nitrogens with two attached hydrogens (primary N) is 2. The van der Waals surface area contributed by atoms with Gasteiger partial charge in [-0.15, -0.1) is 0 Å². The lowest BCUT2D eigenvalue weighted by molar-refractivity contribution is 0.0969. The largest absolute Gasteiger partial charge is 0.370 e. The molecule has 0 saturated heterocycles. The fourth-order valence-electron chi connectivity index (χ4n) is 3.40. The summed E-state index contributed by atoms with van der Waals surface area (Å²) in [5.41, 5.74) is 14.6. The van der Waals surface area contributed by atoms with E-state index in [2.05, 4.69) is 4.99 Å². The van der Waals surface area contributed by atoms with Gasteiger partial charge in [-0.25, -0.2) is 0 Å². The van der Waals surface area contributed by atoms with Gasteiger partial charge in [0.25, 0.3) is 5.91 Å². The summed E-state index contributed by atoms with van der Waals surface area (Å²) in [6.45, 7) is 4.60. The summed E-state index contributed by atoms with van der Waals surface area (Å²) >= 11 is 0. The maximum absolute atomic E-state index is 12.6. The first-order valence-electron chi connectivity index (χ1n) is 7.70. The molecule has 0 aliphatic carbocycles. The van der Waals surface area contributed by atoms with Gasteiger partial charge in [-0.05, 0) is 43.9 Å². The molecule has 0 bridgehead atoms. The highest BCUT2D eigenvalue weighted by molar-refractivity contribution is 6.12. The number of aliphatic imine (C=N–C) groups is 1. The van der Waals surface area contributed by atoms with E-state index in [1.54, 1.807) is 6.07 Å². The number of hydrogen-bond donors (Lipinski definition) is 2. The molecule has 0 unspecified atom stereocenters. The van der Waals surface area contributed by atoms with Gasteiger partial charge in [0.2, 0.25) is 0 Å². The van der Waals surface area contributed by atoms with Crippen LogP contribution in [0.25, 0.3) is 10.9 Å². The van der Waals surface area contributed by atoms with Crippen molar-refractivity contribution in [3.05, 3.63) is 34.5 Å². The molecule has 1 amide bonds. The lowest BCUT2D eigenvalue weighted by Gasteiger charge is -2.17. The second-order valence-corrected chi connectivity index (χ2v) is 6.05. The van der Waals surface area contributed by atoms with E-state index in [9.17, 15) is 9.59 Å². The van der Waals surface area contributed by atoms with Crippen LogP contribution >= 0.6 is 0 Å². The molecule has 1 aliphatic rings. The minimum Gasteiger partial charge on any atom is -0.370 e. The molecule has 4 N–H and O–H groups in total. The summed E-state index contributed by atoms with van der Waals surface area (Å²) in [4.78, 5) is 28.6.